The molecule has 0 unspecified atom stereocenters. The lowest BCUT2D eigenvalue weighted by atomic mass is 9.99. The third kappa shape index (κ3) is 6.36. The van der Waals surface area contributed by atoms with Gasteiger partial charge in [0.15, 0.2) is 0 Å². The van der Waals surface area contributed by atoms with Crippen molar-refractivity contribution in [2.45, 2.75) is 40.3 Å². The number of nitrogens with one attached hydrogen (secondary N) is 1. The Morgan fingerprint density at radius 3 is 2.60 bits per heavy atom. The molecule has 0 fully saturated rings. The number of thiophene rings is 1. The van der Waals surface area contributed by atoms with Crippen molar-refractivity contribution in [3.8, 4) is 16.9 Å². The number of benzene rings is 2. The van der Waals surface area contributed by atoms with Crippen molar-refractivity contribution >= 4 is 21.6 Å². The van der Waals surface area contributed by atoms with Gasteiger partial charge in [-0.1, -0.05) is 55.8 Å². The third-order valence-corrected chi connectivity index (χ3v) is 6.70. The third-order valence-electron chi connectivity index (χ3n) is 5.83. The number of H-pyrrole nitrogens is 1. The Kier molecular flexibility index (Phi) is 8.00. The number of fused-ring (bicyclic) bond motifs is 1. The van der Waals surface area contributed by atoms with Crippen LogP contribution in [-0.4, -0.2) is 45.8 Å². The first-order chi connectivity index (χ1) is 16.8. The number of aliphatic hydroxyl groups is 1. The maximum Gasteiger partial charge on any atom is 0.260 e. The van der Waals surface area contributed by atoms with Crippen molar-refractivity contribution in [3.05, 3.63) is 81.2 Å². The number of aromatic amines is 1. The molecule has 0 saturated heterocycles. The second-order valence-corrected chi connectivity index (χ2v) is 10.4. The summed E-state index contributed by atoms with van der Waals surface area (Å²) in [5.41, 5.74) is 4.16. The summed E-state index contributed by atoms with van der Waals surface area (Å²) in [6.07, 6.45) is -0.665. The molecule has 4 aromatic rings. The van der Waals surface area contributed by atoms with Crippen LogP contribution < -0.4 is 10.3 Å². The fourth-order valence-corrected chi connectivity index (χ4v) is 5.24. The average molecular weight is 492 g/mol. The Morgan fingerprint density at radius 2 is 1.86 bits per heavy atom. The number of rotatable bonds is 10. The van der Waals surface area contributed by atoms with E-state index in [1.165, 1.54) is 11.3 Å². The minimum atomic E-state index is -0.665. The SMILES string of the molecule is Cc1ccc(C)c(-c2csc3nc(CN(CC(C)C)C[C@H](O)COc4ccccc4)[nH]c(=O)c23)c1. The smallest absolute Gasteiger partial charge is 0.260 e. The van der Waals surface area contributed by atoms with Gasteiger partial charge < -0.3 is 14.8 Å². The molecule has 0 radical (unpaired) electrons. The van der Waals surface area contributed by atoms with Gasteiger partial charge in [-0.2, -0.15) is 0 Å². The number of ether oxygens (including phenoxy) is 1. The lowest BCUT2D eigenvalue weighted by Crippen LogP contribution is -2.38. The molecule has 6 nitrogen and oxygen atoms in total. The van der Waals surface area contributed by atoms with Gasteiger partial charge in [0.05, 0.1) is 11.9 Å². The van der Waals surface area contributed by atoms with Crippen LogP contribution in [0.1, 0.15) is 30.8 Å². The predicted molar refractivity (Wildman–Crippen MR) is 143 cm³/mol. The van der Waals surface area contributed by atoms with Gasteiger partial charge in [-0.3, -0.25) is 9.69 Å². The van der Waals surface area contributed by atoms with E-state index >= 15 is 0 Å². The van der Waals surface area contributed by atoms with E-state index in [9.17, 15) is 9.90 Å². The molecule has 2 heterocycles. The first-order valence-corrected chi connectivity index (χ1v) is 12.8. The van der Waals surface area contributed by atoms with Gasteiger partial charge in [-0.05, 0) is 43.0 Å². The summed E-state index contributed by atoms with van der Waals surface area (Å²) < 4.78 is 5.71. The van der Waals surface area contributed by atoms with Crippen molar-refractivity contribution in [3.63, 3.8) is 0 Å². The van der Waals surface area contributed by atoms with E-state index in [-0.39, 0.29) is 12.2 Å². The fraction of sp³-hybridized carbons (Fsp3) is 0.357. The van der Waals surface area contributed by atoms with Gasteiger partial charge in [0, 0.05) is 24.0 Å². The van der Waals surface area contributed by atoms with E-state index in [1.54, 1.807) is 0 Å². The standard InChI is InChI=1S/C28H33N3O3S/c1-18(2)13-31(14-21(32)16-34-22-8-6-5-7-9-22)15-25-29-27(33)26-24(17-35-28(26)30-25)23-12-19(3)10-11-20(23)4/h5-12,17-18,21,32H,13-16H2,1-4H3,(H,29,30,33)/t21-/m0/s1. The first kappa shape index (κ1) is 25.1. The van der Waals surface area contributed by atoms with Gasteiger partial charge in [0.25, 0.3) is 5.56 Å². The molecule has 1 atom stereocenters. The minimum Gasteiger partial charge on any atom is -0.491 e. The molecule has 35 heavy (non-hydrogen) atoms. The Bertz CT molecular complexity index is 1330. The van der Waals surface area contributed by atoms with Crippen LogP contribution in [0.2, 0.25) is 0 Å². The molecule has 0 bridgehead atoms. The number of nitrogens with zero attached hydrogens (tertiary/aromatic N) is 2. The van der Waals surface area contributed by atoms with Gasteiger partial charge in [-0.15, -0.1) is 11.3 Å². The Balaban J connectivity index is 1.52. The maximum atomic E-state index is 13.2. The molecule has 184 valence electrons. The van der Waals surface area contributed by atoms with Gasteiger partial charge >= 0.3 is 0 Å². The molecule has 0 saturated carbocycles. The molecule has 0 aliphatic carbocycles. The normalized spacial score (nSPS) is 12.5. The van der Waals surface area contributed by atoms with Crippen molar-refractivity contribution in [1.82, 2.24) is 14.9 Å². The van der Waals surface area contributed by atoms with Crippen molar-refractivity contribution in [1.29, 1.82) is 0 Å². The molecule has 0 aliphatic heterocycles. The molecule has 0 amide bonds. The first-order valence-electron chi connectivity index (χ1n) is 12.0. The molecule has 0 aliphatic rings. The number of aliphatic hydroxyl groups excluding tert-OH is 1. The molecule has 2 N–H and O–H groups in total. The summed E-state index contributed by atoms with van der Waals surface area (Å²) in [4.78, 5) is 23.8. The minimum absolute atomic E-state index is 0.125. The molecule has 2 aromatic heterocycles. The second-order valence-electron chi connectivity index (χ2n) is 9.53. The highest BCUT2D eigenvalue weighted by molar-refractivity contribution is 7.17. The van der Waals surface area contributed by atoms with Crippen LogP contribution in [0.25, 0.3) is 21.3 Å². The Labute approximate surface area is 210 Å². The molecule has 0 spiro atoms. The van der Waals surface area contributed by atoms with Crippen LogP contribution >= 0.6 is 11.3 Å². The van der Waals surface area contributed by atoms with E-state index in [0.717, 1.165) is 39.4 Å². The summed E-state index contributed by atoms with van der Waals surface area (Å²) in [5, 5.41) is 13.3. The highest BCUT2D eigenvalue weighted by Crippen LogP contribution is 2.33. The maximum absolute atomic E-state index is 13.2. The summed E-state index contributed by atoms with van der Waals surface area (Å²) >= 11 is 1.49. The highest BCUT2D eigenvalue weighted by Gasteiger charge is 2.18. The Morgan fingerprint density at radius 1 is 1.09 bits per heavy atom. The molecule has 2 aromatic carbocycles. The summed E-state index contributed by atoms with van der Waals surface area (Å²) in [7, 11) is 0. The topological polar surface area (TPSA) is 78.5 Å². The van der Waals surface area contributed by atoms with Crippen LogP contribution in [0.3, 0.4) is 0 Å². The number of hydrogen-bond acceptors (Lipinski definition) is 6. The van der Waals surface area contributed by atoms with Crippen LogP contribution in [0.4, 0.5) is 0 Å². The van der Waals surface area contributed by atoms with Crippen LogP contribution in [0.5, 0.6) is 5.75 Å². The zero-order valence-corrected chi connectivity index (χ0v) is 21.6. The van der Waals surface area contributed by atoms with E-state index in [2.05, 4.69) is 55.8 Å². The Hall–Kier alpha value is -3.00. The average Bonchev–Trinajstić information content (AvgIpc) is 3.24. The lowest BCUT2D eigenvalue weighted by molar-refractivity contribution is 0.0606. The number of hydrogen-bond donors (Lipinski definition) is 2. The second kappa shape index (κ2) is 11.2. The predicted octanol–water partition coefficient (Wildman–Crippen LogP) is 5.17. The van der Waals surface area contributed by atoms with Crippen LogP contribution in [-0.2, 0) is 6.54 Å². The zero-order valence-electron chi connectivity index (χ0n) is 20.7. The number of aryl methyl sites for hydroxylation is 2. The molecular weight excluding hydrogens is 458 g/mol. The van der Waals surface area contributed by atoms with Gasteiger partial charge in [0.2, 0.25) is 0 Å². The molecule has 4 rings (SSSR count). The van der Waals surface area contributed by atoms with E-state index in [1.807, 2.05) is 35.7 Å². The monoisotopic (exact) mass is 491 g/mol. The molecule has 7 heteroatoms. The van der Waals surface area contributed by atoms with Gasteiger partial charge in [0.1, 0.15) is 29.1 Å². The number of para-hydroxylation sites is 1. The molecular formula is C28H33N3O3S. The largest absolute Gasteiger partial charge is 0.491 e. The van der Waals surface area contributed by atoms with Crippen LogP contribution in [0.15, 0.2) is 58.7 Å². The van der Waals surface area contributed by atoms with E-state index in [0.29, 0.717) is 30.2 Å². The van der Waals surface area contributed by atoms with Crippen molar-refractivity contribution < 1.29 is 9.84 Å². The van der Waals surface area contributed by atoms with E-state index < -0.39 is 6.10 Å². The number of aromatic nitrogens is 2. The van der Waals surface area contributed by atoms with E-state index in [4.69, 9.17) is 9.72 Å². The summed E-state index contributed by atoms with van der Waals surface area (Å²) in [5.74, 6) is 1.73. The fourth-order valence-electron chi connectivity index (χ4n) is 4.28. The zero-order chi connectivity index (χ0) is 24.9. The summed E-state index contributed by atoms with van der Waals surface area (Å²) in [6.45, 7) is 10.2. The van der Waals surface area contributed by atoms with Gasteiger partial charge in [-0.25, -0.2) is 4.98 Å². The quantitative estimate of drug-likeness (QED) is 0.320. The van der Waals surface area contributed by atoms with Crippen molar-refractivity contribution in [2.24, 2.45) is 5.92 Å². The summed E-state index contributed by atoms with van der Waals surface area (Å²) in [6, 6.07) is 15.8. The lowest BCUT2D eigenvalue weighted by Gasteiger charge is -2.26. The van der Waals surface area contributed by atoms with Crippen molar-refractivity contribution in [2.75, 3.05) is 19.7 Å². The highest BCUT2D eigenvalue weighted by atomic mass is 32.1. The van der Waals surface area contributed by atoms with Crippen LogP contribution in [0, 0.1) is 19.8 Å².